The predicted molar refractivity (Wildman–Crippen MR) is 114 cm³/mol. The fraction of sp³-hybridized carbons (Fsp3) is 0.318. The number of carbonyl (C=O) groups is 3. The minimum atomic E-state index is -1.49. The van der Waals surface area contributed by atoms with Crippen molar-refractivity contribution in [2.75, 3.05) is 5.32 Å². The van der Waals surface area contributed by atoms with Gasteiger partial charge in [-0.2, -0.15) is 0 Å². The van der Waals surface area contributed by atoms with E-state index < -0.39 is 47.2 Å². The number of anilines is 1. The quantitative estimate of drug-likeness (QED) is 0.611. The smallest absolute Gasteiger partial charge is 0.250 e. The molecule has 2 saturated heterocycles. The zero-order chi connectivity index (χ0) is 22.1. The molecule has 160 valence electrons. The van der Waals surface area contributed by atoms with Gasteiger partial charge in [-0.1, -0.05) is 53.5 Å². The van der Waals surface area contributed by atoms with Crippen LogP contribution in [0, 0.1) is 11.8 Å². The van der Waals surface area contributed by atoms with Crippen LogP contribution < -0.4 is 10.6 Å². The van der Waals surface area contributed by atoms with E-state index >= 15 is 0 Å². The highest BCUT2D eigenvalue weighted by Crippen LogP contribution is 2.54. The standard InChI is InChI=1S/C22H19Cl2N3O4/c1-10(28)17-15-16(20(30)27(19(15)29)9-11-5-2-3-7-13(11)23)22(26-17)12-6-4-8-14(24)18(12)25-21(22)31/h2-8,10,15-17,26,28H,9H2,1H3,(H,25,31)/t10-,15+,16+,17-,22+/m1/s1. The fourth-order valence-corrected chi connectivity index (χ4v) is 5.57. The van der Waals surface area contributed by atoms with E-state index in [4.69, 9.17) is 23.2 Å². The number of nitrogens with zero attached hydrogens (tertiary/aromatic N) is 1. The van der Waals surface area contributed by atoms with Crippen LogP contribution in [0.3, 0.4) is 0 Å². The second-order valence-electron chi connectivity index (χ2n) is 8.19. The Morgan fingerprint density at radius 1 is 1.06 bits per heavy atom. The van der Waals surface area contributed by atoms with Crippen LogP contribution in [0.2, 0.25) is 10.0 Å². The zero-order valence-corrected chi connectivity index (χ0v) is 17.9. The van der Waals surface area contributed by atoms with E-state index in [9.17, 15) is 19.5 Å². The van der Waals surface area contributed by atoms with E-state index in [0.29, 0.717) is 26.9 Å². The summed E-state index contributed by atoms with van der Waals surface area (Å²) >= 11 is 12.5. The van der Waals surface area contributed by atoms with Crippen molar-refractivity contribution in [2.45, 2.75) is 31.2 Å². The summed E-state index contributed by atoms with van der Waals surface area (Å²) in [7, 11) is 0. The molecular formula is C22H19Cl2N3O4. The average molecular weight is 460 g/mol. The molecule has 5 rings (SSSR count). The van der Waals surface area contributed by atoms with Gasteiger partial charge in [0.15, 0.2) is 0 Å². The summed E-state index contributed by atoms with van der Waals surface area (Å²) in [5, 5.41) is 17.1. The minimum Gasteiger partial charge on any atom is -0.392 e. The molecule has 3 heterocycles. The summed E-state index contributed by atoms with van der Waals surface area (Å²) in [6.07, 6.45) is -0.972. The van der Waals surface area contributed by atoms with E-state index in [0.717, 1.165) is 4.90 Å². The van der Waals surface area contributed by atoms with Crippen LogP contribution in [-0.4, -0.2) is 39.9 Å². The number of benzene rings is 2. The molecule has 0 radical (unpaired) electrons. The first-order valence-electron chi connectivity index (χ1n) is 9.92. The van der Waals surface area contributed by atoms with E-state index in [-0.39, 0.29) is 6.54 Å². The van der Waals surface area contributed by atoms with Crippen molar-refractivity contribution in [1.29, 1.82) is 0 Å². The van der Waals surface area contributed by atoms with Gasteiger partial charge in [0.1, 0.15) is 5.54 Å². The van der Waals surface area contributed by atoms with Gasteiger partial charge in [0, 0.05) is 16.6 Å². The van der Waals surface area contributed by atoms with Gasteiger partial charge < -0.3 is 10.4 Å². The molecule has 3 N–H and O–H groups in total. The number of amides is 3. The lowest BCUT2D eigenvalue weighted by Crippen LogP contribution is -2.54. The molecule has 7 nitrogen and oxygen atoms in total. The number of hydrogen-bond donors (Lipinski definition) is 3. The number of nitrogens with one attached hydrogen (secondary N) is 2. The van der Waals surface area contributed by atoms with Crippen molar-refractivity contribution in [1.82, 2.24) is 10.2 Å². The van der Waals surface area contributed by atoms with E-state index in [1.54, 1.807) is 42.5 Å². The fourth-order valence-electron chi connectivity index (χ4n) is 5.15. The third kappa shape index (κ3) is 2.70. The van der Waals surface area contributed by atoms with Crippen LogP contribution in [0.4, 0.5) is 5.69 Å². The Kier molecular flexibility index (Phi) is 4.64. The molecule has 0 bridgehead atoms. The second kappa shape index (κ2) is 7.03. The summed E-state index contributed by atoms with van der Waals surface area (Å²) in [5.74, 6) is -3.29. The number of para-hydroxylation sites is 1. The Morgan fingerprint density at radius 3 is 2.48 bits per heavy atom. The van der Waals surface area contributed by atoms with Crippen molar-refractivity contribution in [2.24, 2.45) is 11.8 Å². The molecular weight excluding hydrogens is 441 g/mol. The molecule has 2 fully saturated rings. The lowest BCUT2D eigenvalue weighted by Gasteiger charge is -2.30. The Balaban J connectivity index is 1.63. The maximum Gasteiger partial charge on any atom is 0.250 e. The van der Waals surface area contributed by atoms with E-state index in [1.807, 2.05) is 0 Å². The number of fused-ring (bicyclic) bond motifs is 4. The summed E-state index contributed by atoms with van der Waals surface area (Å²) in [6, 6.07) is 11.2. The normalized spacial score (nSPS) is 30.0. The topological polar surface area (TPSA) is 98.7 Å². The van der Waals surface area contributed by atoms with Crippen LogP contribution in [0.5, 0.6) is 0 Å². The summed E-state index contributed by atoms with van der Waals surface area (Å²) in [4.78, 5) is 41.4. The molecule has 0 aliphatic carbocycles. The summed E-state index contributed by atoms with van der Waals surface area (Å²) < 4.78 is 0. The lowest BCUT2D eigenvalue weighted by atomic mass is 9.76. The van der Waals surface area contributed by atoms with Gasteiger partial charge >= 0.3 is 0 Å². The molecule has 0 saturated carbocycles. The molecule has 5 atom stereocenters. The highest BCUT2D eigenvalue weighted by Gasteiger charge is 2.71. The van der Waals surface area contributed by atoms with Crippen LogP contribution >= 0.6 is 23.2 Å². The number of aliphatic hydroxyl groups excluding tert-OH is 1. The molecule has 9 heteroatoms. The van der Waals surface area contributed by atoms with Gasteiger partial charge in [0.25, 0.3) is 0 Å². The summed E-state index contributed by atoms with van der Waals surface area (Å²) in [5.41, 5.74) is 0.0512. The van der Waals surface area contributed by atoms with Crippen molar-refractivity contribution in [3.63, 3.8) is 0 Å². The lowest BCUT2D eigenvalue weighted by molar-refractivity contribution is -0.143. The molecule has 2 aromatic carbocycles. The number of likely N-dealkylation sites (tertiary alicyclic amines) is 1. The van der Waals surface area contributed by atoms with Gasteiger partial charge in [-0.05, 0) is 24.6 Å². The molecule has 0 unspecified atom stereocenters. The van der Waals surface area contributed by atoms with Crippen molar-refractivity contribution in [3.05, 3.63) is 63.6 Å². The number of rotatable bonds is 3. The molecule has 3 aliphatic rings. The molecule has 2 aromatic rings. The number of carbonyl (C=O) groups excluding carboxylic acids is 3. The van der Waals surface area contributed by atoms with E-state index in [2.05, 4.69) is 10.6 Å². The van der Waals surface area contributed by atoms with Gasteiger partial charge in [-0.15, -0.1) is 0 Å². The van der Waals surface area contributed by atoms with Crippen LogP contribution in [0.15, 0.2) is 42.5 Å². The predicted octanol–water partition coefficient (Wildman–Crippen LogP) is 2.29. The van der Waals surface area contributed by atoms with Crippen LogP contribution in [0.1, 0.15) is 18.1 Å². The maximum atomic E-state index is 13.6. The molecule has 1 spiro atoms. The Morgan fingerprint density at radius 2 is 1.77 bits per heavy atom. The largest absolute Gasteiger partial charge is 0.392 e. The van der Waals surface area contributed by atoms with Crippen molar-refractivity contribution >= 4 is 46.6 Å². The van der Waals surface area contributed by atoms with Crippen molar-refractivity contribution < 1.29 is 19.5 Å². The summed E-state index contributed by atoms with van der Waals surface area (Å²) in [6.45, 7) is 1.53. The van der Waals surface area contributed by atoms with Gasteiger partial charge in [-0.25, -0.2) is 0 Å². The first kappa shape index (κ1) is 20.5. The molecule has 0 aromatic heterocycles. The average Bonchev–Trinajstić information content (AvgIpc) is 3.32. The first-order chi connectivity index (χ1) is 14.8. The molecule has 31 heavy (non-hydrogen) atoms. The third-order valence-electron chi connectivity index (χ3n) is 6.53. The highest BCUT2D eigenvalue weighted by atomic mass is 35.5. The van der Waals surface area contributed by atoms with Crippen LogP contribution in [-0.2, 0) is 26.5 Å². The van der Waals surface area contributed by atoms with Crippen LogP contribution in [0.25, 0.3) is 0 Å². The molecule has 3 aliphatic heterocycles. The monoisotopic (exact) mass is 459 g/mol. The Hall–Kier alpha value is -2.45. The number of imide groups is 1. The maximum absolute atomic E-state index is 13.6. The van der Waals surface area contributed by atoms with Crippen molar-refractivity contribution in [3.8, 4) is 0 Å². The number of hydrogen-bond acceptors (Lipinski definition) is 5. The third-order valence-corrected chi connectivity index (χ3v) is 7.21. The Labute approximate surface area is 188 Å². The van der Waals surface area contributed by atoms with Gasteiger partial charge in [-0.3, -0.25) is 24.6 Å². The SMILES string of the molecule is C[C@@H](O)[C@H]1N[C@]2(C(=O)Nc3c(Cl)cccc32)[C@@H]2C(=O)N(Cc3ccccc3Cl)C(=O)[C@H]12. The minimum absolute atomic E-state index is 0.00300. The van der Waals surface area contributed by atoms with Gasteiger partial charge in [0.2, 0.25) is 17.7 Å². The number of halogens is 2. The molecule has 3 amide bonds. The zero-order valence-electron chi connectivity index (χ0n) is 16.4. The number of aliphatic hydroxyl groups is 1. The van der Waals surface area contributed by atoms with Gasteiger partial charge in [0.05, 0.1) is 35.2 Å². The van der Waals surface area contributed by atoms with E-state index in [1.165, 1.54) is 6.92 Å². The Bertz CT molecular complexity index is 1140. The first-order valence-corrected chi connectivity index (χ1v) is 10.7. The second-order valence-corrected chi connectivity index (χ2v) is 9.01. The highest BCUT2D eigenvalue weighted by molar-refractivity contribution is 6.35.